The van der Waals surface area contributed by atoms with Crippen LogP contribution in [0.15, 0.2) is 23.2 Å². The predicted molar refractivity (Wildman–Crippen MR) is 94.4 cm³/mol. The third-order valence-electron chi connectivity index (χ3n) is 3.29. The Hall–Kier alpha value is -0.920. The number of aliphatic imine (C=N–C) groups is 1. The number of guanidine groups is 1. The van der Waals surface area contributed by atoms with E-state index in [2.05, 4.69) is 29.5 Å². The van der Waals surface area contributed by atoms with Crippen molar-refractivity contribution < 1.29 is 8.78 Å². The fourth-order valence-electron chi connectivity index (χ4n) is 1.79. The van der Waals surface area contributed by atoms with Crippen molar-refractivity contribution in [2.75, 3.05) is 13.6 Å². The first-order valence-corrected chi connectivity index (χ1v) is 6.90. The number of rotatable bonds is 5. The van der Waals surface area contributed by atoms with Crippen LogP contribution in [0.2, 0.25) is 0 Å². The molecule has 0 heterocycles. The fourth-order valence-corrected chi connectivity index (χ4v) is 1.79. The van der Waals surface area contributed by atoms with Crippen LogP contribution < -0.4 is 10.6 Å². The Kier molecular flexibility index (Phi) is 9.48. The minimum atomic E-state index is -0.555. The predicted octanol–water partition coefficient (Wildman–Crippen LogP) is 3.65. The van der Waals surface area contributed by atoms with Crippen LogP contribution in [0.4, 0.5) is 8.78 Å². The Morgan fingerprint density at radius 3 is 2.48 bits per heavy atom. The fraction of sp³-hybridized carbons (Fsp3) is 0.533. The van der Waals surface area contributed by atoms with Gasteiger partial charge in [-0.1, -0.05) is 19.9 Å². The van der Waals surface area contributed by atoms with Gasteiger partial charge in [-0.2, -0.15) is 0 Å². The van der Waals surface area contributed by atoms with Gasteiger partial charge >= 0.3 is 0 Å². The van der Waals surface area contributed by atoms with Gasteiger partial charge in [-0.15, -0.1) is 24.0 Å². The standard InChI is InChI=1S/C15H23F2N3.HI/c1-5-11(3)20-15(18-4)19-9-10(2)13-7-6-12(16)8-14(13)17;/h6-8,10-11H,5,9H2,1-4H3,(H2,18,19,20);1H. The Morgan fingerprint density at radius 2 is 1.95 bits per heavy atom. The van der Waals surface area contributed by atoms with Gasteiger partial charge in [-0.3, -0.25) is 4.99 Å². The average Bonchev–Trinajstić information content (AvgIpc) is 2.42. The van der Waals surface area contributed by atoms with E-state index in [0.29, 0.717) is 24.1 Å². The summed E-state index contributed by atoms with van der Waals surface area (Å²) in [7, 11) is 1.70. The molecule has 0 spiro atoms. The molecule has 0 saturated heterocycles. The summed E-state index contributed by atoms with van der Waals surface area (Å²) in [6.45, 7) is 6.57. The van der Waals surface area contributed by atoms with E-state index < -0.39 is 11.6 Å². The summed E-state index contributed by atoms with van der Waals surface area (Å²) in [6, 6.07) is 4.00. The van der Waals surface area contributed by atoms with Crippen molar-refractivity contribution in [2.24, 2.45) is 4.99 Å². The molecule has 0 bridgehead atoms. The molecule has 21 heavy (non-hydrogen) atoms. The largest absolute Gasteiger partial charge is 0.356 e. The van der Waals surface area contributed by atoms with Crippen molar-refractivity contribution >= 4 is 29.9 Å². The molecule has 0 aromatic heterocycles. The molecule has 0 saturated carbocycles. The van der Waals surface area contributed by atoms with E-state index in [9.17, 15) is 8.78 Å². The normalized spacial score (nSPS) is 14.1. The molecule has 0 aliphatic rings. The topological polar surface area (TPSA) is 36.4 Å². The highest BCUT2D eigenvalue weighted by Crippen LogP contribution is 2.19. The van der Waals surface area contributed by atoms with Gasteiger partial charge in [-0.05, 0) is 25.0 Å². The average molecular weight is 411 g/mol. The maximum absolute atomic E-state index is 13.7. The molecule has 0 amide bonds. The number of benzene rings is 1. The van der Waals surface area contributed by atoms with E-state index in [1.807, 2.05) is 6.92 Å². The van der Waals surface area contributed by atoms with Gasteiger partial charge in [0.15, 0.2) is 5.96 Å². The third kappa shape index (κ3) is 6.58. The zero-order valence-electron chi connectivity index (χ0n) is 12.9. The number of halogens is 3. The maximum atomic E-state index is 13.7. The number of hydrogen-bond donors (Lipinski definition) is 2. The Labute approximate surface area is 142 Å². The zero-order valence-corrected chi connectivity index (χ0v) is 15.2. The molecule has 0 aliphatic heterocycles. The molecule has 3 nitrogen and oxygen atoms in total. The highest BCUT2D eigenvalue weighted by molar-refractivity contribution is 14.0. The van der Waals surface area contributed by atoms with E-state index >= 15 is 0 Å². The van der Waals surface area contributed by atoms with Crippen LogP contribution in [-0.4, -0.2) is 25.6 Å². The van der Waals surface area contributed by atoms with E-state index in [1.165, 1.54) is 12.1 Å². The molecule has 120 valence electrons. The van der Waals surface area contributed by atoms with Crippen molar-refractivity contribution in [3.05, 3.63) is 35.4 Å². The summed E-state index contributed by atoms with van der Waals surface area (Å²) in [5, 5.41) is 6.39. The van der Waals surface area contributed by atoms with E-state index in [4.69, 9.17) is 0 Å². The molecule has 6 heteroatoms. The van der Waals surface area contributed by atoms with Crippen LogP contribution in [0.25, 0.3) is 0 Å². The molecule has 1 aromatic rings. The van der Waals surface area contributed by atoms with Crippen molar-refractivity contribution in [1.29, 1.82) is 0 Å². The zero-order chi connectivity index (χ0) is 15.1. The molecule has 2 unspecified atom stereocenters. The molecule has 2 atom stereocenters. The molecular weight excluding hydrogens is 387 g/mol. The first-order valence-electron chi connectivity index (χ1n) is 6.90. The van der Waals surface area contributed by atoms with Crippen LogP contribution in [0.5, 0.6) is 0 Å². The summed E-state index contributed by atoms with van der Waals surface area (Å²) in [4.78, 5) is 4.12. The van der Waals surface area contributed by atoms with Crippen LogP contribution in [0, 0.1) is 11.6 Å². The lowest BCUT2D eigenvalue weighted by Crippen LogP contribution is -2.43. The second-order valence-corrected chi connectivity index (χ2v) is 4.97. The van der Waals surface area contributed by atoms with E-state index in [0.717, 1.165) is 12.5 Å². The van der Waals surface area contributed by atoms with Gasteiger partial charge < -0.3 is 10.6 Å². The van der Waals surface area contributed by atoms with Crippen LogP contribution in [0.3, 0.4) is 0 Å². The monoisotopic (exact) mass is 411 g/mol. The van der Waals surface area contributed by atoms with Gasteiger partial charge in [-0.25, -0.2) is 8.78 Å². The van der Waals surface area contributed by atoms with Gasteiger partial charge in [0, 0.05) is 31.6 Å². The maximum Gasteiger partial charge on any atom is 0.191 e. The molecule has 0 aliphatic carbocycles. The van der Waals surface area contributed by atoms with Gasteiger partial charge in [0.2, 0.25) is 0 Å². The minimum absolute atomic E-state index is 0. The van der Waals surface area contributed by atoms with Crippen molar-refractivity contribution in [1.82, 2.24) is 10.6 Å². The van der Waals surface area contributed by atoms with Crippen molar-refractivity contribution in [3.63, 3.8) is 0 Å². The molecule has 0 fully saturated rings. The van der Waals surface area contributed by atoms with Gasteiger partial charge in [0.1, 0.15) is 11.6 Å². The van der Waals surface area contributed by atoms with Crippen LogP contribution in [-0.2, 0) is 0 Å². The highest BCUT2D eigenvalue weighted by Gasteiger charge is 2.12. The number of nitrogens with one attached hydrogen (secondary N) is 2. The molecular formula is C15H24F2IN3. The molecule has 1 rings (SSSR count). The first-order chi connectivity index (χ1) is 9.47. The van der Waals surface area contributed by atoms with Crippen molar-refractivity contribution in [2.45, 2.75) is 39.2 Å². The summed E-state index contributed by atoms with van der Waals surface area (Å²) in [5.41, 5.74) is 0.498. The van der Waals surface area contributed by atoms with E-state index in [1.54, 1.807) is 7.05 Å². The third-order valence-corrected chi connectivity index (χ3v) is 3.29. The summed E-state index contributed by atoms with van der Waals surface area (Å²) in [5.74, 6) is -0.454. The summed E-state index contributed by atoms with van der Waals surface area (Å²) < 4.78 is 26.5. The highest BCUT2D eigenvalue weighted by atomic mass is 127. The Balaban J connectivity index is 0.00000400. The lowest BCUT2D eigenvalue weighted by Gasteiger charge is -2.19. The first kappa shape index (κ1) is 20.1. The summed E-state index contributed by atoms with van der Waals surface area (Å²) in [6.07, 6.45) is 0.989. The SMILES string of the molecule is CCC(C)NC(=NC)NCC(C)c1ccc(F)cc1F.I. The van der Waals surface area contributed by atoms with Crippen molar-refractivity contribution in [3.8, 4) is 0 Å². The Morgan fingerprint density at radius 1 is 1.29 bits per heavy atom. The smallest absolute Gasteiger partial charge is 0.191 e. The van der Waals surface area contributed by atoms with Crippen LogP contribution >= 0.6 is 24.0 Å². The van der Waals surface area contributed by atoms with Gasteiger partial charge in [0.05, 0.1) is 0 Å². The second-order valence-electron chi connectivity index (χ2n) is 4.97. The summed E-state index contributed by atoms with van der Waals surface area (Å²) >= 11 is 0. The van der Waals surface area contributed by atoms with Crippen LogP contribution in [0.1, 0.15) is 38.7 Å². The van der Waals surface area contributed by atoms with Gasteiger partial charge in [0.25, 0.3) is 0 Å². The second kappa shape index (κ2) is 9.92. The quantitative estimate of drug-likeness (QED) is 0.441. The molecule has 1 aromatic carbocycles. The molecule has 2 N–H and O–H groups in total. The lowest BCUT2D eigenvalue weighted by molar-refractivity contribution is 0.554. The number of nitrogens with zero attached hydrogens (tertiary/aromatic N) is 1. The minimum Gasteiger partial charge on any atom is -0.356 e. The lowest BCUT2D eigenvalue weighted by atomic mass is 10.0. The Bertz CT molecular complexity index is 466. The van der Waals surface area contributed by atoms with E-state index in [-0.39, 0.29) is 29.9 Å². The molecule has 0 radical (unpaired) electrons. The number of hydrogen-bond acceptors (Lipinski definition) is 1.